The highest BCUT2D eigenvalue weighted by molar-refractivity contribution is 5.80. The summed E-state index contributed by atoms with van der Waals surface area (Å²) >= 11 is 0. The highest BCUT2D eigenvalue weighted by atomic mass is 16.2. The highest BCUT2D eigenvalue weighted by Gasteiger charge is 2.21. The first-order chi connectivity index (χ1) is 12.9. The van der Waals surface area contributed by atoms with E-state index in [0.29, 0.717) is 19.1 Å². The van der Waals surface area contributed by atoms with Crippen LogP contribution in [-0.2, 0) is 18.4 Å². The summed E-state index contributed by atoms with van der Waals surface area (Å²) in [5.41, 5.74) is 3.44. The monoisotopic (exact) mass is 377 g/mol. The van der Waals surface area contributed by atoms with Crippen molar-refractivity contribution in [3.05, 3.63) is 17.0 Å². The molecule has 0 radical (unpaired) electrons. The average Bonchev–Trinajstić information content (AvgIpc) is 2.90. The number of carbonyl (C=O) groups is 1. The Morgan fingerprint density at radius 2 is 1.96 bits per heavy atom. The minimum Gasteiger partial charge on any atom is -0.355 e. The third-order valence-electron chi connectivity index (χ3n) is 5.18. The molecule has 8 nitrogen and oxygen atoms in total. The van der Waals surface area contributed by atoms with Crippen molar-refractivity contribution < 1.29 is 4.79 Å². The zero-order valence-corrected chi connectivity index (χ0v) is 17.4. The second-order valence-electron chi connectivity index (χ2n) is 7.24. The number of rotatable bonds is 7. The molecule has 0 spiro atoms. The molecule has 1 aromatic heterocycles. The van der Waals surface area contributed by atoms with Crippen LogP contribution in [0, 0.1) is 13.8 Å². The van der Waals surface area contributed by atoms with Crippen LogP contribution in [0.5, 0.6) is 0 Å². The van der Waals surface area contributed by atoms with E-state index in [-0.39, 0.29) is 5.91 Å². The van der Waals surface area contributed by atoms with Crippen molar-refractivity contribution in [2.45, 2.75) is 52.6 Å². The van der Waals surface area contributed by atoms with Crippen LogP contribution >= 0.6 is 0 Å². The number of hydrogen-bond donors (Lipinski definition) is 3. The first kappa shape index (κ1) is 21.2. The molecule has 0 unspecified atom stereocenters. The number of aryl methyl sites for hydroxylation is 2. The molecule has 3 N–H and O–H groups in total. The fourth-order valence-electron chi connectivity index (χ4n) is 3.39. The fourth-order valence-corrected chi connectivity index (χ4v) is 3.39. The molecule has 0 bridgehead atoms. The molecule has 2 heterocycles. The van der Waals surface area contributed by atoms with Gasteiger partial charge < -0.3 is 16.0 Å². The number of guanidine groups is 1. The van der Waals surface area contributed by atoms with Crippen LogP contribution in [0.2, 0.25) is 0 Å². The van der Waals surface area contributed by atoms with Gasteiger partial charge in [-0.05, 0) is 33.1 Å². The quantitative estimate of drug-likeness (QED) is 0.481. The second kappa shape index (κ2) is 10.3. The Kier molecular flexibility index (Phi) is 8.09. The van der Waals surface area contributed by atoms with E-state index >= 15 is 0 Å². The maximum atomic E-state index is 11.8. The Labute approximate surface area is 162 Å². The minimum atomic E-state index is 0.128. The SMILES string of the molecule is CCCNC(=O)CN1CCC(NC(=NC)NCc2c(C)nn(C)c2C)CC1. The van der Waals surface area contributed by atoms with Crippen LogP contribution in [0.15, 0.2) is 4.99 Å². The Hall–Kier alpha value is -2.09. The molecule has 1 aromatic rings. The number of likely N-dealkylation sites (tertiary alicyclic amines) is 1. The van der Waals surface area contributed by atoms with E-state index < -0.39 is 0 Å². The summed E-state index contributed by atoms with van der Waals surface area (Å²) in [6.07, 6.45) is 2.99. The molecule has 0 aliphatic carbocycles. The molecular weight excluding hydrogens is 342 g/mol. The minimum absolute atomic E-state index is 0.128. The van der Waals surface area contributed by atoms with Crippen LogP contribution in [0.3, 0.4) is 0 Å². The largest absolute Gasteiger partial charge is 0.355 e. The van der Waals surface area contributed by atoms with Crippen molar-refractivity contribution in [3.8, 4) is 0 Å². The lowest BCUT2D eigenvalue weighted by molar-refractivity contribution is -0.122. The Balaban J connectivity index is 1.75. The smallest absolute Gasteiger partial charge is 0.234 e. The van der Waals surface area contributed by atoms with Crippen LogP contribution < -0.4 is 16.0 Å². The van der Waals surface area contributed by atoms with E-state index in [9.17, 15) is 4.79 Å². The van der Waals surface area contributed by atoms with E-state index in [4.69, 9.17) is 0 Å². The normalized spacial score (nSPS) is 16.4. The van der Waals surface area contributed by atoms with E-state index in [2.05, 4.69) is 44.8 Å². The van der Waals surface area contributed by atoms with Gasteiger partial charge in [0.2, 0.25) is 5.91 Å². The molecule has 0 saturated carbocycles. The van der Waals surface area contributed by atoms with Gasteiger partial charge in [0.25, 0.3) is 0 Å². The number of aromatic nitrogens is 2. The van der Waals surface area contributed by atoms with Gasteiger partial charge in [0.05, 0.1) is 12.2 Å². The van der Waals surface area contributed by atoms with Crippen molar-refractivity contribution in [1.82, 2.24) is 30.6 Å². The topological polar surface area (TPSA) is 86.6 Å². The first-order valence-corrected chi connectivity index (χ1v) is 9.89. The molecule has 2 rings (SSSR count). The van der Waals surface area contributed by atoms with Gasteiger partial charge in [-0.2, -0.15) is 5.10 Å². The molecule has 1 fully saturated rings. The third kappa shape index (κ3) is 6.23. The lowest BCUT2D eigenvalue weighted by atomic mass is 10.1. The Bertz CT molecular complexity index is 645. The molecule has 0 aromatic carbocycles. The number of hydrogen-bond acceptors (Lipinski definition) is 4. The van der Waals surface area contributed by atoms with Crippen LogP contribution in [0.1, 0.15) is 43.1 Å². The van der Waals surface area contributed by atoms with Crippen molar-refractivity contribution in [1.29, 1.82) is 0 Å². The zero-order valence-electron chi connectivity index (χ0n) is 17.4. The summed E-state index contributed by atoms with van der Waals surface area (Å²) in [6, 6.07) is 0.377. The molecule has 1 aliphatic rings. The van der Waals surface area contributed by atoms with Crippen molar-refractivity contribution in [2.24, 2.45) is 12.0 Å². The van der Waals surface area contributed by atoms with Crippen molar-refractivity contribution >= 4 is 11.9 Å². The lowest BCUT2D eigenvalue weighted by Gasteiger charge is -2.32. The Morgan fingerprint density at radius 1 is 1.26 bits per heavy atom. The average molecular weight is 378 g/mol. The predicted octanol–water partition coefficient (Wildman–Crippen LogP) is 0.693. The highest BCUT2D eigenvalue weighted by Crippen LogP contribution is 2.12. The van der Waals surface area contributed by atoms with Gasteiger partial charge in [0, 0.05) is 57.6 Å². The molecule has 0 atom stereocenters. The summed E-state index contributed by atoms with van der Waals surface area (Å²) in [5.74, 6) is 0.944. The van der Waals surface area contributed by atoms with E-state index in [0.717, 1.165) is 50.6 Å². The van der Waals surface area contributed by atoms with Crippen LogP contribution in [-0.4, -0.2) is 65.8 Å². The lowest BCUT2D eigenvalue weighted by Crippen LogP contribution is -2.50. The second-order valence-corrected chi connectivity index (χ2v) is 7.24. The van der Waals surface area contributed by atoms with Gasteiger partial charge in [0.1, 0.15) is 0 Å². The molecule has 152 valence electrons. The summed E-state index contributed by atoms with van der Waals surface area (Å²) in [4.78, 5) is 18.4. The number of carbonyl (C=O) groups excluding carboxylic acids is 1. The summed E-state index contributed by atoms with van der Waals surface area (Å²) < 4.78 is 1.91. The van der Waals surface area contributed by atoms with Crippen LogP contribution in [0.4, 0.5) is 0 Å². The van der Waals surface area contributed by atoms with Crippen molar-refractivity contribution in [3.63, 3.8) is 0 Å². The molecule has 1 saturated heterocycles. The predicted molar refractivity (Wildman–Crippen MR) is 109 cm³/mol. The third-order valence-corrected chi connectivity index (χ3v) is 5.18. The maximum Gasteiger partial charge on any atom is 0.234 e. The van der Waals surface area contributed by atoms with E-state index in [1.165, 1.54) is 11.3 Å². The van der Waals surface area contributed by atoms with Gasteiger partial charge in [-0.1, -0.05) is 6.92 Å². The summed E-state index contributed by atoms with van der Waals surface area (Å²) in [7, 11) is 3.76. The molecular formula is C19H35N7O. The number of piperidine rings is 1. The van der Waals surface area contributed by atoms with Crippen LogP contribution in [0.25, 0.3) is 0 Å². The number of nitrogens with zero attached hydrogens (tertiary/aromatic N) is 4. The molecule has 8 heteroatoms. The van der Waals surface area contributed by atoms with Gasteiger partial charge >= 0.3 is 0 Å². The van der Waals surface area contributed by atoms with E-state index in [1.807, 2.05) is 18.7 Å². The maximum absolute atomic E-state index is 11.8. The van der Waals surface area contributed by atoms with Gasteiger partial charge in [-0.3, -0.25) is 19.4 Å². The number of aliphatic imine (C=N–C) groups is 1. The van der Waals surface area contributed by atoms with Gasteiger partial charge in [-0.25, -0.2) is 0 Å². The van der Waals surface area contributed by atoms with E-state index in [1.54, 1.807) is 7.05 Å². The van der Waals surface area contributed by atoms with Crippen molar-refractivity contribution in [2.75, 3.05) is 33.2 Å². The van der Waals surface area contributed by atoms with Gasteiger partial charge in [0.15, 0.2) is 5.96 Å². The standard InChI is InChI=1S/C19H35N7O/c1-6-9-21-18(27)13-26-10-7-16(8-11-26)23-19(20-4)22-12-17-14(2)24-25(5)15(17)3/h16H,6-13H2,1-5H3,(H,21,27)(H2,20,22,23). The number of amides is 1. The summed E-state index contributed by atoms with van der Waals surface area (Å²) in [5, 5.41) is 14.3. The molecule has 27 heavy (non-hydrogen) atoms. The fraction of sp³-hybridized carbons (Fsp3) is 0.737. The van der Waals surface area contributed by atoms with Gasteiger partial charge in [-0.15, -0.1) is 0 Å². The summed E-state index contributed by atoms with van der Waals surface area (Å²) in [6.45, 7) is 10.0. The number of nitrogens with one attached hydrogen (secondary N) is 3. The molecule has 1 aliphatic heterocycles. The molecule has 1 amide bonds. The zero-order chi connectivity index (χ0) is 19.8. The Morgan fingerprint density at radius 3 is 2.52 bits per heavy atom. The first-order valence-electron chi connectivity index (χ1n) is 9.89.